The summed E-state index contributed by atoms with van der Waals surface area (Å²) in [5, 5.41) is 23.0. The number of hydrogen-bond donors (Lipinski definition) is 1. The van der Waals surface area contributed by atoms with Gasteiger partial charge >= 0.3 is 0 Å². The quantitative estimate of drug-likeness (QED) is 0.405. The average Bonchev–Trinajstić information content (AvgIpc) is 2.26. The van der Waals surface area contributed by atoms with Crippen molar-refractivity contribution in [2.45, 2.75) is 24.9 Å². The summed E-state index contributed by atoms with van der Waals surface area (Å²) in [5.74, 6) is -0.885. The minimum Gasteiger partial charge on any atom is -0.325 e. The molecule has 1 unspecified atom stereocenters. The molecule has 7 nitrogen and oxygen atoms in total. The Hall–Kier alpha value is -1.50. The molecule has 1 aliphatic carbocycles. The molecule has 2 aliphatic rings. The number of nitro groups is 2. The standard InChI is InChI=1S/C11H17N3O4/c1-8-4-5-10(13(15)16)6-12(3)7-11(8,9(10)2)14(17)18/h4-5,8-9H,6-7H2,1-3H3/p+1/t8-,9+,10+,11+/m0/s1. The average molecular weight is 256 g/mol. The SMILES string of the molecule is C[C@H]1C=C[C@@]2([N+](=O)[O-])C[NH+](C)C[C@]1([N+](=O)[O-])[C@@H]2C. The number of quaternary nitrogens is 1. The molecule has 0 amide bonds. The number of likely N-dealkylation sites (tertiary alicyclic amines) is 1. The maximum absolute atomic E-state index is 11.6. The van der Waals surface area contributed by atoms with Gasteiger partial charge in [0.05, 0.1) is 13.0 Å². The molecule has 1 saturated heterocycles. The third-order valence-corrected chi connectivity index (χ3v) is 4.81. The fraction of sp³-hybridized carbons (Fsp3) is 0.818. The molecular formula is C11H18N3O4+. The van der Waals surface area contributed by atoms with Crippen molar-refractivity contribution in [1.82, 2.24) is 0 Å². The minimum atomic E-state index is -1.30. The molecule has 1 heterocycles. The maximum Gasteiger partial charge on any atom is 0.297 e. The van der Waals surface area contributed by atoms with Gasteiger partial charge in [-0.05, 0) is 13.0 Å². The Bertz CT molecular complexity index is 438. The number of nitrogens with one attached hydrogen (secondary N) is 1. The van der Waals surface area contributed by atoms with Gasteiger partial charge < -0.3 is 4.90 Å². The van der Waals surface area contributed by atoms with Crippen LogP contribution in [0.5, 0.6) is 0 Å². The molecule has 7 heteroatoms. The van der Waals surface area contributed by atoms with Crippen LogP contribution in [-0.2, 0) is 0 Å². The van der Waals surface area contributed by atoms with Crippen molar-refractivity contribution in [3.8, 4) is 0 Å². The molecule has 0 radical (unpaired) electrons. The largest absolute Gasteiger partial charge is 0.325 e. The van der Waals surface area contributed by atoms with Gasteiger partial charge in [-0.1, -0.05) is 13.0 Å². The monoisotopic (exact) mass is 256 g/mol. The van der Waals surface area contributed by atoms with E-state index in [9.17, 15) is 20.2 Å². The second-order valence-electron chi connectivity index (χ2n) is 5.68. The number of fused-ring (bicyclic) bond motifs is 2. The van der Waals surface area contributed by atoms with Crippen molar-refractivity contribution < 1.29 is 14.7 Å². The summed E-state index contributed by atoms with van der Waals surface area (Å²) in [6.45, 7) is 4.07. The highest BCUT2D eigenvalue weighted by Gasteiger charge is 2.72. The first-order valence-corrected chi connectivity index (χ1v) is 6.07. The lowest BCUT2D eigenvalue weighted by molar-refractivity contribution is -0.931. The van der Waals surface area contributed by atoms with Gasteiger partial charge in [-0.15, -0.1) is 0 Å². The lowest BCUT2D eigenvalue weighted by Gasteiger charge is -2.47. The Morgan fingerprint density at radius 2 is 1.83 bits per heavy atom. The van der Waals surface area contributed by atoms with E-state index in [1.807, 2.05) is 0 Å². The Labute approximate surface area is 105 Å². The van der Waals surface area contributed by atoms with Gasteiger partial charge in [-0.2, -0.15) is 0 Å². The second kappa shape index (κ2) is 3.74. The van der Waals surface area contributed by atoms with Gasteiger partial charge in [0.1, 0.15) is 12.5 Å². The highest BCUT2D eigenvalue weighted by Crippen LogP contribution is 2.44. The molecule has 18 heavy (non-hydrogen) atoms. The molecule has 1 aliphatic heterocycles. The van der Waals surface area contributed by atoms with Gasteiger partial charge in [0, 0.05) is 9.85 Å². The van der Waals surface area contributed by atoms with Gasteiger partial charge in [-0.3, -0.25) is 20.2 Å². The summed E-state index contributed by atoms with van der Waals surface area (Å²) in [7, 11) is 1.79. The van der Waals surface area contributed by atoms with Crippen LogP contribution in [0.15, 0.2) is 12.2 Å². The third-order valence-electron chi connectivity index (χ3n) is 4.81. The van der Waals surface area contributed by atoms with E-state index >= 15 is 0 Å². The highest BCUT2D eigenvalue weighted by atomic mass is 16.6. The van der Waals surface area contributed by atoms with Crippen molar-refractivity contribution >= 4 is 0 Å². The van der Waals surface area contributed by atoms with Gasteiger partial charge in [0.2, 0.25) is 0 Å². The zero-order valence-electron chi connectivity index (χ0n) is 10.8. The van der Waals surface area contributed by atoms with Crippen molar-refractivity contribution in [3.63, 3.8) is 0 Å². The minimum absolute atomic E-state index is 0.286. The lowest BCUT2D eigenvalue weighted by Crippen LogP contribution is -3.17. The number of piperidine rings is 1. The topological polar surface area (TPSA) is 90.7 Å². The molecular weight excluding hydrogens is 238 g/mol. The van der Waals surface area contributed by atoms with E-state index in [2.05, 4.69) is 0 Å². The Morgan fingerprint density at radius 3 is 2.33 bits per heavy atom. The highest BCUT2D eigenvalue weighted by molar-refractivity contribution is 5.20. The normalized spacial score (nSPS) is 46.7. The fourth-order valence-corrected chi connectivity index (χ4v) is 3.68. The summed E-state index contributed by atoms with van der Waals surface area (Å²) >= 11 is 0. The van der Waals surface area contributed by atoms with Crippen LogP contribution in [0.3, 0.4) is 0 Å². The first-order valence-electron chi connectivity index (χ1n) is 6.07. The zero-order valence-corrected chi connectivity index (χ0v) is 10.8. The van der Waals surface area contributed by atoms with E-state index in [-0.39, 0.29) is 15.8 Å². The van der Waals surface area contributed by atoms with Gasteiger partial charge in [0.15, 0.2) is 6.54 Å². The summed E-state index contributed by atoms with van der Waals surface area (Å²) in [4.78, 5) is 23.2. The van der Waals surface area contributed by atoms with Gasteiger partial charge in [-0.25, -0.2) is 0 Å². The predicted molar refractivity (Wildman–Crippen MR) is 63.5 cm³/mol. The van der Waals surface area contributed by atoms with Crippen LogP contribution in [0, 0.1) is 32.1 Å². The van der Waals surface area contributed by atoms with Crippen LogP contribution in [0.25, 0.3) is 0 Å². The second-order valence-corrected chi connectivity index (χ2v) is 5.68. The molecule has 100 valence electrons. The summed E-state index contributed by atoms with van der Waals surface area (Å²) < 4.78 is 0. The van der Waals surface area contributed by atoms with Crippen LogP contribution in [0.2, 0.25) is 0 Å². The number of likely N-dealkylation sites (N-methyl/N-ethyl adjacent to an activating group) is 1. The van der Waals surface area contributed by atoms with E-state index < -0.39 is 17.0 Å². The van der Waals surface area contributed by atoms with E-state index in [1.54, 1.807) is 33.0 Å². The molecule has 2 bridgehead atoms. The molecule has 2 rings (SSSR count). The fourth-order valence-electron chi connectivity index (χ4n) is 3.68. The van der Waals surface area contributed by atoms with Crippen molar-refractivity contribution in [1.29, 1.82) is 0 Å². The molecule has 0 aromatic heterocycles. The smallest absolute Gasteiger partial charge is 0.297 e. The van der Waals surface area contributed by atoms with Crippen LogP contribution < -0.4 is 4.90 Å². The van der Waals surface area contributed by atoms with Crippen molar-refractivity contribution in [2.75, 3.05) is 20.1 Å². The van der Waals surface area contributed by atoms with Gasteiger partial charge in [0.25, 0.3) is 11.1 Å². The summed E-state index contributed by atoms with van der Waals surface area (Å²) in [6.07, 6.45) is 3.23. The van der Waals surface area contributed by atoms with E-state index in [0.717, 1.165) is 4.90 Å². The Balaban J connectivity index is 2.63. The molecule has 0 saturated carbocycles. The summed E-state index contributed by atoms with van der Waals surface area (Å²) in [6, 6.07) is 0. The van der Waals surface area contributed by atoms with E-state index in [4.69, 9.17) is 0 Å². The van der Waals surface area contributed by atoms with E-state index in [0.29, 0.717) is 13.1 Å². The van der Waals surface area contributed by atoms with Crippen LogP contribution in [0.1, 0.15) is 13.8 Å². The molecule has 0 spiro atoms. The van der Waals surface area contributed by atoms with Crippen LogP contribution in [0.4, 0.5) is 0 Å². The Kier molecular flexibility index (Phi) is 2.69. The zero-order chi connectivity index (χ0) is 13.7. The maximum atomic E-state index is 11.6. The number of rotatable bonds is 2. The third kappa shape index (κ3) is 1.33. The number of hydrogen-bond acceptors (Lipinski definition) is 4. The molecule has 1 fully saturated rings. The van der Waals surface area contributed by atoms with Crippen LogP contribution in [-0.4, -0.2) is 41.1 Å². The molecule has 1 N–H and O–H groups in total. The van der Waals surface area contributed by atoms with E-state index in [1.165, 1.54) is 0 Å². The molecule has 0 aromatic rings. The lowest BCUT2D eigenvalue weighted by atomic mass is 9.60. The Morgan fingerprint density at radius 1 is 1.22 bits per heavy atom. The van der Waals surface area contributed by atoms with Crippen molar-refractivity contribution in [2.24, 2.45) is 11.8 Å². The first kappa shape index (κ1) is 12.9. The summed E-state index contributed by atoms with van der Waals surface area (Å²) in [5.41, 5.74) is -2.54. The van der Waals surface area contributed by atoms with Crippen molar-refractivity contribution in [3.05, 3.63) is 32.4 Å². The number of nitrogens with zero attached hydrogens (tertiary/aromatic N) is 2. The predicted octanol–water partition coefficient (Wildman–Crippen LogP) is -0.612. The molecule has 5 atom stereocenters. The molecule has 0 aromatic carbocycles. The van der Waals surface area contributed by atoms with Crippen LogP contribution >= 0.6 is 0 Å². The first-order chi connectivity index (χ1) is 8.27.